The third-order valence-corrected chi connectivity index (χ3v) is 6.46. The largest absolute Gasteiger partial charge is 0.343 e. The maximum atomic E-state index is 12.6. The molecule has 2 N–H and O–H groups in total. The number of nitrogens with zero attached hydrogens (tertiary/aromatic N) is 2. The molecule has 1 amide bonds. The third-order valence-electron chi connectivity index (χ3n) is 4.55. The smallest absolute Gasteiger partial charge is 0.243 e. The molecule has 0 bridgehead atoms. The molecule has 0 aromatic heterocycles. The van der Waals surface area contributed by atoms with Crippen LogP contribution in [0.25, 0.3) is 0 Å². The van der Waals surface area contributed by atoms with Crippen molar-refractivity contribution in [3.05, 3.63) is 30.3 Å². The molecule has 1 aromatic rings. The maximum absolute atomic E-state index is 12.6. The van der Waals surface area contributed by atoms with Gasteiger partial charge < -0.3 is 5.32 Å². The van der Waals surface area contributed by atoms with E-state index in [9.17, 15) is 13.2 Å². The number of sulfonamides is 1. The highest BCUT2D eigenvalue weighted by Crippen LogP contribution is 2.20. The molecule has 2 heterocycles. The fourth-order valence-electron chi connectivity index (χ4n) is 3.25. The Kier molecular flexibility index (Phi) is 4.96. The van der Waals surface area contributed by atoms with Crippen LogP contribution in [0.1, 0.15) is 6.42 Å². The Hall–Kier alpha value is -1.48. The van der Waals surface area contributed by atoms with Crippen molar-refractivity contribution in [2.75, 3.05) is 32.7 Å². The van der Waals surface area contributed by atoms with Crippen molar-refractivity contribution in [2.24, 2.45) is 0 Å². The number of nitrogens with one attached hydrogen (secondary N) is 2. The average molecular weight is 338 g/mol. The van der Waals surface area contributed by atoms with Gasteiger partial charge in [0.1, 0.15) is 0 Å². The Balaban J connectivity index is 1.58. The number of hydrogen-bond acceptors (Lipinski definition) is 5. The van der Waals surface area contributed by atoms with Gasteiger partial charge in [0.2, 0.25) is 16.4 Å². The summed E-state index contributed by atoms with van der Waals surface area (Å²) in [7, 11) is -3.40. The highest BCUT2D eigenvalue weighted by molar-refractivity contribution is 7.89. The average Bonchev–Trinajstić information content (AvgIpc) is 3.05. The molecule has 1 aromatic carbocycles. The minimum Gasteiger partial charge on any atom is -0.343 e. The molecule has 0 spiro atoms. The first-order valence-electron chi connectivity index (χ1n) is 7.83. The van der Waals surface area contributed by atoms with Crippen LogP contribution in [0.2, 0.25) is 0 Å². The van der Waals surface area contributed by atoms with Crippen molar-refractivity contribution < 1.29 is 13.2 Å². The van der Waals surface area contributed by atoms with Crippen LogP contribution < -0.4 is 10.6 Å². The summed E-state index contributed by atoms with van der Waals surface area (Å²) >= 11 is 0. The highest BCUT2D eigenvalue weighted by atomic mass is 32.2. The lowest BCUT2D eigenvalue weighted by atomic mass is 10.2. The van der Waals surface area contributed by atoms with E-state index in [2.05, 4.69) is 15.5 Å². The number of hydrogen-bond donors (Lipinski definition) is 2. The molecule has 0 radical (unpaired) electrons. The van der Waals surface area contributed by atoms with Crippen LogP contribution in [-0.2, 0) is 14.8 Å². The lowest BCUT2D eigenvalue weighted by Gasteiger charge is -2.37. The van der Waals surface area contributed by atoms with Gasteiger partial charge in [0, 0.05) is 38.8 Å². The van der Waals surface area contributed by atoms with Crippen molar-refractivity contribution >= 4 is 16.4 Å². The van der Waals surface area contributed by atoms with Crippen molar-refractivity contribution in [3.8, 4) is 0 Å². The van der Waals surface area contributed by atoms with Crippen LogP contribution in [0.3, 0.4) is 0 Å². The van der Waals surface area contributed by atoms with Gasteiger partial charge in [0.15, 0.2) is 0 Å². The zero-order valence-corrected chi connectivity index (χ0v) is 13.7. The summed E-state index contributed by atoms with van der Waals surface area (Å²) < 4.78 is 26.8. The van der Waals surface area contributed by atoms with Crippen LogP contribution in [0.15, 0.2) is 35.2 Å². The van der Waals surface area contributed by atoms with Crippen molar-refractivity contribution in [2.45, 2.75) is 23.5 Å². The van der Waals surface area contributed by atoms with Crippen LogP contribution in [-0.4, -0.2) is 69.0 Å². The fraction of sp³-hybridized carbons (Fsp3) is 0.533. The van der Waals surface area contributed by atoms with E-state index in [1.807, 2.05) is 6.07 Å². The monoisotopic (exact) mass is 338 g/mol. The third kappa shape index (κ3) is 3.55. The lowest BCUT2D eigenvalue weighted by molar-refractivity contribution is -0.110. The normalized spacial score (nSPS) is 27.0. The summed E-state index contributed by atoms with van der Waals surface area (Å²) in [6.07, 6.45) is 1.58. The highest BCUT2D eigenvalue weighted by Gasteiger charge is 2.34. The Morgan fingerprint density at radius 1 is 1.13 bits per heavy atom. The van der Waals surface area contributed by atoms with Crippen LogP contribution in [0, 0.1) is 0 Å². The van der Waals surface area contributed by atoms with Gasteiger partial charge in [0.25, 0.3) is 0 Å². The minimum atomic E-state index is -3.40. The second-order valence-corrected chi connectivity index (χ2v) is 7.83. The number of rotatable bonds is 5. The molecule has 126 valence electrons. The molecular weight excluding hydrogens is 316 g/mol. The fourth-order valence-corrected chi connectivity index (χ4v) is 4.70. The van der Waals surface area contributed by atoms with Crippen molar-refractivity contribution in [1.82, 2.24) is 19.8 Å². The molecule has 3 rings (SSSR count). The van der Waals surface area contributed by atoms with Crippen LogP contribution in [0.4, 0.5) is 0 Å². The van der Waals surface area contributed by atoms with Gasteiger partial charge in [-0.2, -0.15) is 4.31 Å². The van der Waals surface area contributed by atoms with E-state index < -0.39 is 10.0 Å². The molecule has 0 aliphatic carbocycles. The van der Waals surface area contributed by atoms with E-state index in [4.69, 9.17) is 0 Å². The first-order chi connectivity index (χ1) is 11.1. The van der Waals surface area contributed by atoms with Crippen molar-refractivity contribution in [3.63, 3.8) is 0 Å². The molecule has 0 saturated carbocycles. The Morgan fingerprint density at radius 2 is 1.83 bits per heavy atom. The standard InChI is InChI=1S/C15H22N4O3S/c20-12-17-15-10-13(11-16-15)18-6-8-19(9-7-18)23(21,22)14-4-2-1-3-5-14/h1-5,12-13,15-16H,6-11H2,(H,17,20). The van der Waals surface area contributed by atoms with E-state index in [1.165, 1.54) is 0 Å². The van der Waals surface area contributed by atoms with Crippen molar-refractivity contribution in [1.29, 1.82) is 0 Å². The molecule has 2 atom stereocenters. The second-order valence-electron chi connectivity index (χ2n) is 5.89. The van der Waals surface area contributed by atoms with E-state index in [1.54, 1.807) is 28.6 Å². The number of carbonyl (C=O) groups excluding carboxylic acids is 1. The Bertz CT molecular complexity index is 629. The SMILES string of the molecule is O=CNC1CC(N2CCN(S(=O)(=O)c3ccccc3)CC2)CN1. The zero-order valence-electron chi connectivity index (χ0n) is 12.9. The van der Waals surface area contributed by atoms with Crippen LogP contribution in [0.5, 0.6) is 0 Å². The number of benzene rings is 1. The molecule has 8 heteroatoms. The predicted octanol–water partition coefficient (Wildman–Crippen LogP) is -0.573. The molecule has 2 saturated heterocycles. The summed E-state index contributed by atoms with van der Waals surface area (Å²) in [6, 6.07) is 8.92. The van der Waals surface area contributed by atoms with E-state index in [0.717, 1.165) is 13.0 Å². The summed E-state index contributed by atoms with van der Waals surface area (Å²) in [5, 5.41) is 6.00. The quantitative estimate of drug-likeness (QED) is 0.703. The van der Waals surface area contributed by atoms with E-state index in [0.29, 0.717) is 43.5 Å². The molecule has 2 aliphatic rings. The van der Waals surface area contributed by atoms with Crippen LogP contribution >= 0.6 is 0 Å². The van der Waals surface area contributed by atoms with Gasteiger partial charge in [-0.05, 0) is 18.6 Å². The lowest BCUT2D eigenvalue weighted by Crippen LogP contribution is -2.52. The van der Waals surface area contributed by atoms with Gasteiger partial charge in [0.05, 0.1) is 11.1 Å². The van der Waals surface area contributed by atoms with Gasteiger partial charge in [-0.3, -0.25) is 15.0 Å². The Morgan fingerprint density at radius 3 is 2.48 bits per heavy atom. The summed E-state index contributed by atoms with van der Waals surface area (Å²) in [5.74, 6) is 0. The number of piperazine rings is 1. The van der Waals surface area contributed by atoms with E-state index in [-0.39, 0.29) is 6.17 Å². The predicted molar refractivity (Wildman–Crippen MR) is 86.2 cm³/mol. The molecule has 23 heavy (non-hydrogen) atoms. The van der Waals surface area contributed by atoms with Gasteiger partial charge in [-0.25, -0.2) is 8.42 Å². The molecule has 2 aliphatic heterocycles. The minimum absolute atomic E-state index is 0.0172. The molecule has 7 nitrogen and oxygen atoms in total. The number of carbonyl (C=O) groups is 1. The maximum Gasteiger partial charge on any atom is 0.243 e. The Labute approximate surface area is 136 Å². The molecule has 2 fully saturated rings. The van der Waals surface area contributed by atoms with Gasteiger partial charge >= 0.3 is 0 Å². The van der Waals surface area contributed by atoms with Gasteiger partial charge in [-0.15, -0.1) is 0 Å². The van der Waals surface area contributed by atoms with Gasteiger partial charge in [-0.1, -0.05) is 18.2 Å². The number of amides is 1. The summed E-state index contributed by atoms with van der Waals surface area (Å²) in [5.41, 5.74) is 0. The first kappa shape index (κ1) is 16.4. The molecular formula is C15H22N4O3S. The summed E-state index contributed by atoms with van der Waals surface area (Å²) in [6.45, 7) is 3.24. The molecule has 2 unspecified atom stereocenters. The topological polar surface area (TPSA) is 81.8 Å². The first-order valence-corrected chi connectivity index (χ1v) is 9.27. The van der Waals surface area contributed by atoms with E-state index >= 15 is 0 Å². The summed E-state index contributed by atoms with van der Waals surface area (Å²) in [4.78, 5) is 13.1. The second kappa shape index (κ2) is 6.96. The zero-order chi connectivity index (χ0) is 16.3.